The maximum Gasteiger partial charge on any atom is 0.313 e. The molecular formula is C20H22O4. The average molecular weight is 326 g/mol. The van der Waals surface area contributed by atoms with Crippen molar-refractivity contribution in [2.75, 3.05) is 6.61 Å². The van der Waals surface area contributed by atoms with E-state index >= 15 is 0 Å². The molecule has 126 valence electrons. The van der Waals surface area contributed by atoms with Crippen LogP contribution in [0.2, 0.25) is 0 Å². The normalized spacial score (nSPS) is 26.4. The monoisotopic (exact) mass is 326 g/mol. The van der Waals surface area contributed by atoms with Crippen molar-refractivity contribution >= 4 is 5.97 Å². The van der Waals surface area contributed by atoms with Gasteiger partial charge in [-0.15, -0.1) is 0 Å². The first kappa shape index (κ1) is 16.7. The highest BCUT2D eigenvalue weighted by Crippen LogP contribution is 2.50. The predicted molar refractivity (Wildman–Crippen MR) is 90.3 cm³/mol. The van der Waals surface area contributed by atoms with E-state index in [-0.39, 0.29) is 13.0 Å². The van der Waals surface area contributed by atoms with Gasteiger partial charge < -0.3 is 14.9 Å². The Labute approximate surface area is 141 Å². The van der Waals surface area contributed by atoms with Crippen molar-refractivity contribution in [3.05, 3.63) is 70.8 Å². The standard InChI is InChI=1S/C20H22O4/c1-13-3-7-15(8-4-13)18-20(23,16-9-5-14(2)6-10-16)17(11-12-21)19(22)24-18/h3-10,17-18,21,23H,11-12H2,1-2H3/t17-,18-,20-/m1/s1. The third-order valence-corrected chi connectivity index (χ3v) is 4.76. The summed E-state index contributed by atoms with van der Waals surface area (Å²) in [5, 5.41) is 20.9. The first-order valence-corrected chi connectivity index (χ1v) is 8.14. The molecule has 1 aliphatic rings. The number of aliphatic hydroxyl groups is 2. The van der Waals surface area contributed by atoms with Crippen LogP contribution in [0, 0.1) is 19.8 Å². The van der Waals surface area contributed by atoms with Gasteiger partial charge in [0.25, 0.3) is 0 Å². The highest BCUT2D eigenvalue weighted by Gasteiger charge is 2.57. The molecule has 2 aromatic rings. The number of cyclic esters (lactones) is 1. The Morgan fingerprint density at radius 3 is 2.08 bits per heavy atom. The molecule has 2 aromatic carbocycles. The number of hydrogen-bond acceptors (Lipinski definition) is 4. The van der Waals surface area contributed by atoms with Crippen LogP contribution in [0.5, 0.6) is 0 Å². The van der Waals surface area contributed by atoms with E-state index in [9.17, 15) is 15.0 Å². The van der Waals surface area contributed by atoms with E-state index in [2.05, 4.69) is 0 Å². The Morgan fingerprint density at radius 2 is 1.54 bits per heavy atom. The quantitative estimate of drug-likeness (QED) is 0.848. The summed E-state index contributed by atoms with van der Waals surface area (Å²) in [6.45, 7) is 3.76. The molecule has 0 amide bonds. The van der Waals surface area contributed by atoms with Gasteiger partial charge in [0.1, 0.15) is 5.60 Å². The number of aliphatic hydroxyl groups excluding tert-OH is 1. The Bertz CT molecular complexity index is 720. The van der Waals surface area contributed by atoms with Gasteiger partial charge >= 0.3 is 5.97 Å². The predicted octanol–water partition coefficient (Wildman–Crippen LogP) is 2.79. The van der Waals surface area contributed by atoms with Gasteiger partial charge in [-0.25, -0.2) is 0 Å². The summed E-state index contributed by atoms with van der Waals surface area (Å²) < 4.78 is 5.55. The highest BCUT2D eigenvalue weighted by atomic mass is 16.6. The van der Waals surface area contributed by atoms with Crippen molar-refractivity contribution in [1.82, 2.24) is 0 Å². The average Bonchev–Trinajstić information content (AvgIpc) is 2.82. The second kappa shape index (κ2) is 6.38. The van der Waals surface area contributed by atoms with Crippen LogP contribution >= 0.6 is 0 Å². The molecule has 0 unspecified atom stereocenters. The van der Waals surface area contributed by atoms with Gasteiger partial charge in [-0.05, 0) is 31.4 Å². The van der Waals surface area contributed by atoms with Crippen molar-refractivity contribution in [3.63, 3.8) is 0 Å². The summed E-state index contributed by atoms with van der Waals surface area (Å²) in [4.78, 5) is 12.4. The topological polar surface area (TPSA) is 66.8 Å². The number of carbonyl (C=O) groups is 1. The Morgan fingerprint density at radius 1 is 1.00 bits per heavy atom. The summed E-state index contributed by atoms with van der Waals surface area (Å²) >= 11 is 0. The molecule has 0 saturated carbocycles. The maximum absolute atomic E-state index is 12.4. The third-order valence-electron chi connectivity index (χ3n) is 4.76. The molecule has 1 heterocycles. The molecule has 4 nitrogen and oxygen atoms in total. The molecule has 2 N–H and O–H groups in total. The van der Waals surface area contributed by atoms with E-state index in [1.54, 1.807) is 0 Å². The molecule has 24 heavy (non-hydrogen) atoms. The molecule has 3 rings (SSSR count). The van der Waals surface area contributed by atoms with Crippen molar-refractivity contribution in [1.29, 1.82) is 0 Å². The van der Waals surface area contributed by atoms with Gasteiger partial charge in [0.15, 0.2) is 6.10 Å². The smallest absolute Gasteiger partial charge is 0.313 e. The van der Waals surface area contributed by atoms with Crippen LogP contribution in [-0.4, -0.2) is 22.8 Å². The summed E-state index contributed by atoms with van der Waals surface area (Å²) in [7, 11) is 0. The Hall–Kier alpha value is -2.17. The fourth-order valence-electron chi connectivity index (χ4n) is 3.35. The minimum Gasteiger partial charge on any atom is -0.454 e. The lowest BCUT2D eigenvalue weighted by Gasteiger charge is -2.32. The van der Waals surface area contributed by atoms with Crippen LogP contribution in [0.3, 0.4) is 0 Å². The van der Waals surface area contributed by atoms with Gasteiger partial charge in [0.05, 0.1) is 5.92 Å². The van der Waals surface area contributed by atoms with Crippen molar-refractivity contribution in [2.45, 2.75) is 32.0 Å². The summed E-state index contributed by atoms with van der Waals surface area (Å²) in [6, 6.07) is 15.0. The second-order valence-electron chi connectivity index (χ2n) is 6.48. The molecule has 1 saturated heterocycles. The van der Waals surface area contributed by atoms with Crippen LogP contribution in [0.15, 0.2) is 48.5 Å². The number of esters is 1. The van der Waals surface area contributed by atoms with Crippen LogP contribution in [0.25, 0.3) is 0 Å². The zero-order chi connectivity index (χ0) is 17.3. The third kappa shape index (κ3) is 2.72. The minimum atomic E-state index is -1.50. The van der Waals surface area contributed by atoms with E-state index in [4.69, 9.17) is 4.74 Å². The molecule has 0 aromatic heterocycles. The molecular weight excluding hydrogens is 304 g/mol. The van der Waals surface area contributed by atoms with Gasteiger partial charge in [-0.2, -0.15) is 0 Å². The van der Waals surface area contributed by atoms with E-state index in [1.165, 1.54) is 0 Å². The lowest BCUT2D eigenvalue weighted by molar-refractivity contribution is -0.145. The molecule has 0 bridgehead atoms. The lowest BCUT2D eigenvalue weighted by Crippen LogP contribution is -2.37. The lowest BCUT2D eigenvalue weighted by atomic mass is 9.75. The summed E-state index contributed by atoms with van der Waals surface area (Å²) in [6.07, 6.45) is -0.629. The molecule has 3 atom stereocenters. The van der Waals surface area contributed by atoms with Gasteiger partial charge in [-0.1, -0.05) is 59.7 Å². The Kier molecular flexibility index (Phi) is 4.43. The first-order chi connectivity index (χ1) is 11.5. The minimum absolute atomic E-state index is 0.158. The number of rotatable bonds is 4. The Balaban J connectivity index is 2.11. The number of benzene rings is 2. The molecule has 4 heteroatoms. The number of carbonyl (C=O) groups excluding carboxylic acids is 1. The number of ether oxygens (including phenoxy) is 1. The summed E-state index contributed by atoms with van der Waals surface area (Å²) in [5.74, 6) is -1.27. The van der Waals surface area contributed by atoms with E-state index < -0.39 is 23.6 Å². The van der Waals surface area contributed by atoms with Gasteiger partial charge in [-0.3, -0.25) is 4.79 Å². The maximum atomic E-state index is 12.4. The van der Waals surface area contributed by atoms with Gasteiger partial charge in [0.2, 0.25) is 0 Å². The summed E-state index contributed by atoms with van der Waals surface area (Å²) in [5.41, 5.74) is 2.04. The molecule has 0 aliphatic carbocycles. The molecule has 1 aliphatic heterocycles. The SMILES string of the molecule is Cc1ccc([C@H]2OC(=O)[C@@H](CCO)[C@]2(O)c2ccc(C)cc2)cc1. The van der Waals surface area contributed by atoms with Crippen LogP contribution in [0.4, 0.5) is 0 Å². The van der Waals surface area contributed by atoms with Gasteiger partial charge in [0, 0.05) is 6.61 Å². The molecule has 0 spiro atoms. The fourth-order valence-corrected chi connectivity index (χ4v) is 3.35. The van der Waals surface area contributed by atoms with E-state index in [0.717, 1.165) is 16.7 Å². The van der Waals surface area contributed by atoms with Crippen molar-refractivity contribution in [2.24, 2.45) is 5.92 Å². The molecule has 1 fully saturated rings. The van der Waals surface area contributed by atoms with E-state index in [0.29, 0.717) is 5.56 Å². The van der Waals surface area contributed by atoms with Crippen LogP contribution < -0.4 is 0 Å². The van der Waals surface area contributed by atoms with Crippen LogP contribution in [-0.2, 0) is 15.1 Å². The van der Waals surface area contributed by atoms with Crippen LogP contribution in [0.1, 0.15) is 34.8 Å². The number of hydrogen-bond donors (Lipinski definition) is 2. The molecule has 0 radical (unpaired) electrons. The second-order valence-corrected chi connectivity index (χ2v) is 6.48. The van der Waals surface area contributed by atoms with Crippen molar-refractivity contribution in [3.8, 4) is 0 Å². The largest absolute Gasteiger partial charge is 0.454 e. The fraction of sp³-hybridized carbons (Fsp3) is 0.350. The first-order valence-electron chi connectivity index (χ1n) is 8.14. The van der Waals surface area contributed by atoms with E-state index in [1.807, 2.05) is 62.4 Å². The zero-order valence-corrected chi connectivity index (χ0v) is 13.9. The van der Waals surface area contributed by atoms with Crippen molar-refractivity contribution < 1.29 is 19.7 Å². The zero-order valence-electron chi connectivity index (χ0n) is 13.9. The number of aryl methyl sites for hydroxylation is 2. The highest BCUT2D eigenvalue weighted by molar-refractivity contribution is 5.78.